The van der Waals surface area contributed by atoms with E-state index in [-0.39, 0.29) is 6.42 Å². The molecule has 0 aromatic rings. The molecule has 6 N–H and O–H groups in total. The molecule has 4 unspecified atom stereocenters. The number of nitrogens with one attached hydrogen (secondary N) is 4. The molecule has 11 nitrogen and oxygen atoms in total. The quantitative estimate of drug-likeness (QED) is 0.215. The maximum absolute atomic E-state index is 12.6. The zero-order chi connectivity index (χ0) is 22.0. The van der Waals surface area contributed by atoms with Crippen molar-refractivity contribution in [1.82, 2.24) is 21.3 Å². The average Bonchev–Trinajstić information content (AvgIpc) is 3.18. The van der Waals surface area contributed by atoms with Crippen LogP contribution in [0.2, 0.25) is 0 Å². The van der Waals surface area contributed by atoms with E-state index in [0.717, 1.165) is 6.42 Å². The lowest BCUT2D eigenvalue weighted by molar-refractivity contribution is -0.143. The van der Waals surface area contributed by atoms with E-state index in [9.17, 15) is 24.0 Å². The Labute approximate surface area is 172 Å². The molecule has 1 heterocycles. The first-order valence-electron chi connectivity index (χ1n) is 9.23. The largest absolute Gasteiger partial charge is 0.481 e. The summed E-state index contributed by atoms with van der Waals surface area (Å²) < 4.78 is 0. The maximum Gasteiger partial charge on any atom is 0.325 e. The Morgan fingerprint density at radius 3 is 2.24 bits per heavy atom. The summed E-state index contributed by atoms with van der Waals surface area (Å²) in [5.41, 5.74) is 0. The molecular formula is C17H28N4O7S. The highest BCUT2D eigenvalue weighted by Crippen LogP contribution is 2.07. The van der Waals surface area contributed by atoms with E-state index in [2.05, 4.69) is 21.3 Å². The van der Waals surface area contributed by atoms with Crippen LogP contribution in [0.25, 0.3) is 0 Å². The third-order valence-electron chi connectivity index (χ3n) is 4.36. The number of rotatable bonds is 12. The van der Waals surface area contributed by atoms with Gasteiger partial charge in [-0.05, 0) is 44.7 Å². The highest BCUT2D eigenvalue weighted by Gasteiger charge is 2.31. The molecular weight excluding hydrogens is 404 g/mol. The second-order valence-corrected chi connectivity index (χ2v) is 7.70. The highest BCUT2D eigenvalue weighted by molar-refractivity contribution is 7.98. The Balaban J connectivity index is 2.83. The summed E-state index contributed by atoms with van der Waals surface area (Å²) in [6, 6.07) is -4.07. The van der Waals surface area contributed by atoms with E-state index < -0.39 is 60.2 Å². The van der Waals surface area contributed by atoms with Gasteiger partial charge in [0.1, 0.15) is 18.1 Å². The number of hydrogen-bond donors (Lipinski definition) is 6. The summed E-state index contributed by atoms with van der Waals surface area (Å²) in [6.45, 7) is 1.95. The van der Waals surface area contributed by atoms with E-state index in [1.165, 1.54) is 18.7 Å². The number of amides is 3. The zero-order valence-electron chi connectivity index (χ0n) is 16.4. The first kappa shape index (κ1) is 24.7. The Kier molecular flexibility index (Phi) is 10.5. The first-order valence-corrected chi connectivity index (χ1v) is 10.6. The van der Waals surface area contributed by atoms with Gasteiger partial charge in [0.05, 0.1) is 12.5 Å². The van der Waals surface area contributed by atoms with E-state index in [4.69, 9.17) is 10.2 Å². The van der Waals surface area contributed by atoms with Crippen LogP contribution in [0.4, 0.5) is 0 Å². The topological polar surface area (TPSA) is 174 Å². The minimum absolute atomic E-state index is 0.211. The molecule has 1 saturated heterocycles. The molecule has 1 aliphatic rings. The molecule has 0 spiro atoms. The second-order valence-electron chi connectivity index (χ2n) is 6.72. The third-order valence-corrected chi connectivity index (χ3v) is 5.01. The lowest BCUT2D eigenvalue weighted by atomic mass is 10.1. The normalized spacial score (nSPS) is 18.9. The molecule has 1 aliphatic heterocycles. The fourth-order valence-electron chi connectivity index (χ4n) is 2.72. The van der Waals surface area contributed by atoms with Gasteiger partial charge in [-0.2, -0.15) is 11.8 Å². The molecule has 4 atom stereocenters. The van der Waals surface area contributed by atoms with Crippen molar-refractivity contribution in [3.05, 3.63) is 0 Å². The van der Waals surface area contributed by atoms with Gasteiger partial charge in [-0.25, -0.2) is 0 Å². The Hall–Kier alpha value is -2.34. The van der Waals surface area contributed by atoms with Crippen molar-refractivity contribution in [1.29, 1.82) is 0 Å². The number of aliphatic carboxylic acids is 2. The van der Waals surface area contributed by atoms with Crippen molar-refractivity contribution >= 4 is 41.4 Å². The van der Waals surface area contributed by atoms with Gasteiger partial charge in [-0.15, -0.1) is 0 Å². The van der Waals surface area contributed by atoms with Gasteiger partial charge in [0.15, 0.2) is 0 Å². The van der Waals surface area contributed by atoms with E-state index in [0.29, 0.717) is 18.7 Å². The summed E-state index contributed by atoms with van der Waals surface area (Å²) in [7, 11) is 0. The van der Waals surface area contributed by atoms with Crippen LogP contribution in [0, 0.1) is 0 Å². The van der Waals surface area contributed by atoms with Crippen LogP contribution in [0.15, 0.2) is 0 Å². The molecule has 12 heteroatoms. The predicted molar refractivity (Wildman–Crippen MR) is 105 cm³/mol. The van der Waals surface area contributed by atoms with Crippen molar-refractivity contribution in [3.63, 3.8) is 0 Å². The lowest BCUT2D eigenvalue weighted by Gasteiger charge is -2.24. The number of carbonyl (C=O) groups excluding carboxylic acids is 3. The Bertz CT molecular complexity index is 625. The van der Waals surface area contributed by atoms with E-state index in [1.54, 1.807) is 6.26 Å². The van der Waals surface area contributed by atoms with Gasteiger partial charge in [0.2, 0.25) is 17.7 Å². The van der Waals surface area contributed by atoms with Crippen LogP contribution in [0.1, 0.15) is 32.6 Å². The standard InChI is InChI=1S/C17H28N4O7S/c1-9(17(27)28)19-15(25)11(5-7-29-2)20-16(26)12(8-13(22)23)21-14(24)10-4-3-6-18-10/h9-12,18H,3-8H2,1-2H3,(H,19,25)(H,20,26)(H,21,24)(H,22,23)(H,27,28). The highest BCUT2D eigenvalue weighted by atomic mass is 32.2. The molecule has 29 heavy (non-hydrogen) atoms. The Morgan fingerprint density at radius 1 is 1.07 bits per heavy atom. The molecule has 0 saturated carbocycles. The second kappa shape index (κ2) is 12.3. The minimum Gasteiger partial charge on any atom is -0.481 e. The molecule has 1 rings (SSSR count). The zero-order valence-corrected chi connectivity index (χ0v) is 17.2. The number of carbonyl (C=O) groups is 5. The maximum atomic E-state index is 12.6. The van der Waals surface area contributed by atoms with Crippen LogP contribution in [-0.2, 0) is 24.0 Å². The number of thioether (sulfide) groups is 1. The van der Waals surface area contributed by atoms with Crippen LogP contribution in [0.3, 0.4) is 0 Å². The van der Waals surface area contributed by atoms with Crippen molar-refractivity contribution in [2.24, 2.45) is 0 Å². The summed E-state index contributed by atoms with van der Waals surface area (Å²) in [6.07, 6.45) is 2.75. The molecule has 164 valence electrons. The van der Waals surface area contributed by atoms with Crippen molar-refractivity contribution in [3.8, 4) is 0 Å². The summed E-state index contributed by atoms with van der Waals surface area (Å²) in [5.74, 6) is -4.00. The van der Waals surface area contributed by atoms with Crippen LogP contribution < -0.4 is 21.3 Å². The van der Waals surface area contributed by atoms with E-state index in [1.807, 2.05) is 0 Å². The molecule has 0 aromatic carbocycles. The van der Waals surface area contributed by atoms with Gasteiger partial charge >= 0.3 is 11.9 Å². The average molecular weight is 432 g/mol. The summed E-state index contributed by atoms with van der Waals surface area (Å²) >= 11 is 1.43. The van der Waals surface area contributed by atoms with Crippen molar-refractivity contribution < 1.29 is 34.2 Å². The molecule has 0 aromatic heterocycles. The van der Waals surface area contributed by atoms with Crippen molar-refractivity contribution in [2.75, 3.05) is 18.6 Å². The van der Waals surface area contributed by atoms with Gasteiger partial charge < -0.3 is 31.5 Å². The predicted octanol–water partition coefficient (Wildman–Crippen LogP) is -1.47. The Morgan fingerprint density at radius 2 is 1.72 bits per heavy atom. The van der Waals surface area contributed by atoms with Crippen LogP contribution in [0.5, 0.6) is 0 Å². The fraction of sp³-hybridized carbons (Fsp3) is 0.706. The molecule has 0 radical (unpaired) electrons. The summed E-state index contributed by atoms with van der Waals surface area (Å²) in [4.78, 5) is 59.3. The lowest BCUT2D eigenvalue weighted by Crippen LogP contribution is -2.57. The third kappa shape index (κ3) is 8.69. The van der Waals surface area contributed by atoms with Crippen LogP contribution in [-0.4, -0.2) is 82.6 Å². The molecule has 3 amide bonds. The van der Waals surface area contributed by atoms with Gasteiger partial charge in [-0.1, -0.05) is 0 Å². The molecule has 0 aliphatic carbocycles. The van der Waals surface area contributed by atoms with Gasteiger partial charge in [-0.3, -0.25) is 24.0 Å². The molecule has 1 fully saturated rings. The SMILES string of the molecule is CSCCC(NC(=O)C(CC(=O)O)NC(=O)C1CCCN1)C(=O)NC(C)C(=O)O. The monoisotopic (exact) mass is 432 g/mol. The first-order chi connectivity index (χ1) is 13.6. The number of hydrogen-bond acceptors (Lipinski definition) is 7. The minimum atomic E-state index is -1.36. The van der Waals surface area contributed by atoms with Crippen molar-refractivity contribution in [2.45, 2.75) is 56.8 Å². The summed E-state index contributed by atoms with van der Waals surface area (Å²) in [5, 5.41) is 28.1. The smallest absolute Gasteiger partial charge is 0.325 e. The van der Waals surface area contributed by atoms with Crippen LogP contribution >= 0.6 is 11.8 Å². The molecule has 0 bridgehead atoms. The van der Waals surface area contributed by atoms with Gasteiger partial charge in [0, 0.05) is 0 Å². The van der Waals surface area contributed by atoms with Gasteiger partial charge in [0.25, 0.3) is 0 Å². The van der Waals surface area contributed by atoms with E-state index >= 15 is 0 Å². The number of carboxylic acid groups (broad SMARTS) is 2. The number of carboxylic acids is 2. The fourth-order valence-corrected chi connectivity index (χ4v) is 3.19.